The number of benzene rings is 1. The molecule has 1 unspecified atom stereocenters. The van der Waals surface area contributed by atoms with E-state index in [1.165, 1.54) is 36.0 Å². The number of thioether (sulfide) groups is 1. The summed E-state index contributed by atoms with van der Waals surface area (Å²) in [5.41, 5.74) is 6.69. The third kappa shape index (κ3) is 3.09. The second-order valence-electron chi connectivity index (χ2n) is 5.11. The first-order chi connectivity index (χ1) is 11.5. The quantitative estimate of drug-likeness (QED) is 0.513. The molecule has 1 aromatic heterocycles. The van der Waals surface area contributed by atoms with Crippen molar-refractivity contribution in [3.05, 3.63) is 46.9 Å². The third-order valence-electron chi connectivity index (χ3n) is 3.50. The molecule has 1 aromatic carbocycles. The SMILES string of the molecule is CCOC(=O)C1Cc2c(nc(N)nc2C(=O)c2ccc(F)cc2)S1. The van der Waals surface area contributed by atoms with Crippen LogP contribution in [0.5, 0.6) is 0 Å². The summed E-state index contributed by atoms with van der Waals surface area (Å²) in [6, 6.07) is 5.17. The first-order valence-corrected chi connectivity index (χ1v) is 8.17. The van der Waals surface area contributed by atoms with Gasteiger partial charge in [-0.15, -0.1) is 0 Å². The number of hydrogen-bond donors (Lipinski definition) is 1. The number of carbonyl (C=O) groups excluding carboxylic acids is 2. The second kappa shape index (κ2) is 6.56. The van der Waals surface area contributed by atoms with Crippen LogP contribution in [0.1, 0.15) is 28.5 Å². The minimum atomic E-state index is -0.476. The van der Waals surface area contributed by atoms with E-state index in [9.17, 15) is 14.0 Å². The summed E-state index contributed by atoms with van der Waals surface area (Å²) >= 11 is 1.21. The number of ketones is 1. The molecule has 0 fully saturated rings. The molecule has 8 heteroatoms. The summed E-state index contributed by atoms with van der Waals surface area (Å²) < 4.78 is 18.1. The smallest absolute Gasteiger partial charge is 0.319 e. The van der Waals surface area contributed by atoms with Crippen LogP contribution in [0.2, 0.25) is 0 Å². The van der Waals surface area contributed by atoms with E-state index in [0.717, 1.165) is 0 Å². The number of carbonyl (C=O) groups is 2. The van der Waals surface area contributed by atoms with Crippen molar-refractivity contribution in [2.24, 2.45) is 0 Å². The van der Waals surface area contributed by atoms with Gasteiger partial charge >= 0.3 is 5.97 Å². The largest absolute Gasteiger partial charge is 0.465 e. The minimum absolute atomic E-state index is 0.0452. The van der Waals surface area contributed by atoms with E-state index in [1.54, 1.807) is 6.92 Å². The second-order valence-corrected chi connectivity index (χ2v) is 6.30. The van der Waals surface area contributed by atoms with Gasteiger partial charge in [0.25, 0.3) is 0 Å². The topological polar surface area (TPSA) is 95.2 Å². The molecule has 0 bridgehead atoms. The zero-order valence-corrected chi connectivity index (χ0v) is 13.6. The number of hydrogen-bond acceptors (Lipinski definition) is 7. The molecule has 0 saturated carbocycles. The van der Waals surface area contributed by atoms with Crippen LogP contribution < -0.4 is 5.73 Å². The van der Waals surface area contributed by atoms with Gasteiger partial charge < -0.3 is 10.5 Å². The van der Waals surface area contributed by atoms with Crippen LogP contribution in [0.15, 0.2) is 29.3 Å². The molecule has 2 heterocycles. The molecule has 2 aromatic rings. The van der Waals surface area contributed by atoms with Gasteiger partial charge in [0.1, 0.15) is 21.8 Å². The Balaban J connectivity index is 1.95. The Kier molecular flexibility index (Phi) is 4.48. The summed E-state index contributed by atoms with van der Waals surface area (Å²) in [4.78, 5) is 32.8. The molecule has 0 saturated heterocycles. The van der Waals surface area contributed by atoms with Gasteiger partial charge in [-0.05, 0) is 31.2 Å². The number of nitrogens with zero attached hydrogens (tertiary/aromatic N) is 2. The normalized spacial score (nSPS) is 15.8. The standard InChI is InChI=1S/C16H14FN3O3S/c1-2-23-15(22)11-7-10-12(19-16(18)20-14(10)24-11)13(21)8-3-5-9(17)6-4-8/h3-6,11H,2,7H2,1H3,(H2,18,19,20). The number of nitrogens with two attached hydrogens (primary N) is 1. The van der Waals surface area contributed by atoms with Gasteiger partial charge in [0.05, 0.1) is 6.61 Å². The van der Waals surface area contributed by atoms with Crippen molar-refractivity contribution in [2.45, 2.75) is 23.6 Å². The Morgan fingerprint density at radius 1 is 1.33 bits per heavy atom. The lowest BCUT2D eigenvalue weighted by atomic mass is 10.0. The Bertz CT molecular complexity index is 811. The van der Waals surface area contributed by atoms with E-state index in [4.69, 9.17) is 10.5 Å². The molecule has 0 amide bonds. The van der Waals surface area contributed by atoms with Crippen molar-refractivity contribution in [3.63, 3.8) is 0 Å². The van der Waals surface area contributed by atoms with Crippen molar-refractivity contribution >= 4 is 29.5 Å². The van der Waals surface area contributed by atoms with E-state index < -0.39 is 11.1 Å². The average Bonchev–Trinajstić information content (AvgIpc) is 2.98. The summed E-state index contributed by atoms with van der Waals surface area (Å²) in [6.07, 6.45) is 0.293. The van der Waals surface area contributed by atoms with Crippen LogP contribution in [0.25, 0.3) is 0 Å². The summed E-state index contributed by atoms with van der Waals surface area (Å²) in [7, 11) is 0. The van der Waals surface area contributed by atoms with Crippen molar-refractivity contribution in [3.8, 4) is 0 Å². The molecule has 24 heavy (non-hydrogen) atoms. The van der Waals surface area contributed by atoms with E-state index in [-0.39, 0.29) is 30.0 Å². The van der Waals surface area contributed by atoms with Gasteiger partial charge in [-0.3, -0.25) is 9.59 Å². The zero-order valence-electron chi connectivity index (χ0n) is 12.8. The van der Waals surface area contributed by atoms with Crippen LogP contribution in [-0.2, 0) is 16.0 Å². The van der Waals surface area contributed by atoms with Gasteiger partial charge in [-0.2, -0.15) is 0 Å². The number of fused-ring (bicyclic) bond motifs is 1. The highest BCUT2D eigenvalue weighted by molar-refractivity contribution is 8.00. The highest BCUT2D eigenvalue weighted by Crippen LogP contribution is 2.38. The third-order valence-corrected chi connectivity index (χ3v) is 4.71. The molecule has 1 aliphatic heterocycles. The molecule has 6 nitrogen and oxygen atoms in total. The van der Waals surface area contributed by atoms with E-state index in [1.807, 2.05) is 0 Å². The fourth-order valence-corrected chi connectivity index (χ4v) is 3.57. The Morgan fingerprint density at radius 3 is 2.71 bits per heavy atom. The number of aromatic nitrogens is 2. The van der Waals surface area contributed by atoms with Gasteiger partial charge in [-0.1, -0.05) is 11.8 Å². The van der Waals surface area contributed by atoms with Crippen molar-refractivity contribution in [2.75, 3.05) is 12.3 Å². The molecular formula is C16H14FN3O3S. The maximum absolute atomic E-state index is 13.0. The minimum Gasteiger partial charge on any atom is -0.465 e. The Labute approximate surface area is 141 Å². The van der Waals surface area contributed by atoms with Gasteiger partial charge in [0.15, 0.2) is 0 Å². The van der Waals surface area contributed by atoms with Gasteiger partial charge in [0, 0.05) is 17.5 Å². The van der Waals surface area contributed by atoms with E-state index >= 15 is 0 Å². The molecule has 124 valence electrons. The predicted octanol–water partition coefficient (Wildman–Crippen LogP) is 2.01. The first kappa shape index (κ1) is 16.4. The Morgan fingerprint density at radius 2 is 2.04 bits per heavy atom. The maximum atomic E-state index is 13.0. The fourth-order valence-electron chi connectivity index (χ4n) is 2.42. The fraction of sp³-hybridized carbons (Fsp3) is 0.250. The first-order valence-electron chi connectivity index (χ1n) is 7.29. The number of anilines is 1. The average molecular weight is 347 g/mol. The molecule has 2 N–H and O–H groups in total. The monoisotopic (exact) mass is 347 g/mol. The molecule has 0 aliphatic carbocycles. The van der Waals surface area contributed by atoms with Crippen LogP contribution in [0.4, 0.5) is 10.3 Å². The van der Waals surface area contributed by atoms with Gasteiger partial charge in [-0.25, -0.2) is 14.4 Å². The maximum Gasteiger partial charge on any atom is 0.319 e. The predicted molar refractivity (Wildman–Crippen MR) is 86.3 cm³/mol. The number of halogens is 1. The molecule has 0 radical (unpaired) electrons. The molecular weight excluding hydrogens is 333 g/mol. The van der Waals surface area contributed by atoms with Gasteiger partial charge in [0.2, 0.25) is 11.7 Å². The lowest BCUT2D eigenvalue weighted by Crippen LogP contribution is -2.20. The number of rotatable bonds is 4. The van der Waals surface area contributed by atoms with E-state index in [0.29, 0.717) is 22.6 Å². The van der Waals surface area contributed by atoms with Crippen molar-refractivity contribution in [1.82, 2.24) is 9.97 Å². The van der Waals surface area contributed by atoms with Crippen LogP contribution in [0.3, 0.4) is 0 Å². The Hall–Kier alpha value is -2.48. The van der Waals surface area contributed by atoms with Crippen LogP contribution >= 0.6 is 11.8 Å². The lowest BCUT2D eigenvalue weighted by Gasteiger charge is -2.07. The highest BCUT2D eigenvalue weighted by Gasteiger charge is 2.35. The molecule has 0 spiro atoms. The molecule has 3 rings (SSSR count). The summed E-state index contributed by atoms with van der Waals surface area (Å²) in [5, 5.41) is 0.0295. The lowest BCUT2D eigenvalue weighted by molar-refractivity contribution is -0.142. The number of ether oxygens (including phenoxy) is 1. The van der Waals surface area contributed by atoms with Crippen molar-refractivity contribution < 1.29 is 18.7 Å². The van der Waals surface area contributed by atoms with Crippen LogP contribution in [0, 0.1) is 5.82 Å². The van der Waals surface area contributed by atoms with Crippen LogP contribution in [-0.4, -0.2) is 33.6 Å². The molecule has 1 atom stereocenters. The highest BCUT2D eigenvalue weighted by atomic mass is 32.2. The zero-order chi connectivity index (χ0) is 17.3. The van der Waals surface area contributed by atoms with E-state index in [2.05, 4.69) is 9.97 Å². The molecule has 1 aliphatic rings. The number of nitrogen functional groups attached to an aromatic ring is 1. The summed E-state index contributed by atoms with van der Waals surface area (Å²) in [5.74, 6) is -1.22. The van der Waals surface area contributed by atoms with Crippen molar-refractivity contribution in [1.29, 1.82) is 0 Å². The number of esters is 1. The summed E-state index contributed by atoms with van der Waals surface area (Å²) in [6.45, 7) is 2.01.